The molecule has 20 heavy (non-hydrogen) atoms. The second-order valence-electron chi connectivity index (χ2n) is 5.53. The van der Waals surface area contributed by atoms with Gasteiger partial charge in [-0.25, -0.2) is 8.42 Å². The summed E-state index contributed by atoms with van der Waals surface area (Å²) < 4.78 is 23.8. The summed E-state index contributed by atoms with van der Waals surface area (Å²) >= 11 is 0. The van der Waals surface area contributed by atoms with E-state index < -0.39 is 9.84 Å². The number of fused-ring (bicyclic) bond motifs is 1. The molecule has 0 saturated carbocycles. The quantitative estimate of drug-likeness (QED) is 0.913. The maximum atomic E-state index is 11.9. The number of H-pyrrole nitrogens is 1. The monoisotopic (exact) mass is 293 g/mol. The highest BCUT2D eigenvalue weighted by Gasteiger charge is 2.26. The molecule has 1 aliphatic rings. The van der Waals surface area contributed by atoms with Crippen LogP contribution in [0.5, 0.6) is 0 Å². The first-order valence-corrected chi connectivity index (χ1v) is 8.62. The van der Waals surface area contributed by atoms with Gasteiger partial charge in [-0.2, -0.15) is 5.10 Å². The number of sulfone groups is 1. The van der Waals surface area contributed by atoms with Gasteiger partial charge >= 0.3 is 0 Å². The molecule has 1 aromatic carbocycles. The number of benzene rings is 1. The minimum absolute atomic E-state index is 0.220. The van der Waals surface area contributed by atoms with E-state index in [1.165, 1.54) is 5.56 Å². The molecule has 1 fully saturated rings. The zero-order chi connectivity index (χ0) is 14.2. The fourth-order valence-electron chi connectivity index (χ4n) is 2.61. The van der Waals surface area contributed by atoms with Crippen molar-refractivity contribution >= 4 is 20.7 Å². The lowest BCUT2D eigenvalue weighted by atomic mass is 10.1. The molecule has 1 saturated heterocycles. The molecule has 0 unspecified atom stereocenters. The Morgan fingerprint density at radius 1 is 1.40 bits per heavy atom. The van der Waals surface area contributed by atoms with Crippen molar-refractivity contribution < 1.29 is 8.42 Å². The Labute approximate surface area is 118 Å². The SMILES string of the molecule is C[C@@H]1CCN(Cc2ccc3cn[nH]c3c2)CCS1(=O)=O. The minimum atomic E-state index is -2.91. The van der Waals surface area contributed by atoms with Gasteiger partial charge in [0.15, 0.2) is 9.84 Å². The van der Waals surface area contributed by atoms with Crippen molar-refractivity contribution in [2.45, 2.75) is 25.1 Å². The minimum Gasteiger partial charge on any atom is -0.298 e. The second-order valence-corrected chi connectivity index (χ2v) is 8.07. The molecule has 5 nitrogen and oxygen atoms in total. The lowest BCUT2D eigenvalue weighted by molar-refractivity contribution is 0.283. The first-order chi connectivity index (χ1) is 9.54. The summed E-state index contributed by atoms with van der Waals surface area (Å²) in [4.78, 5) is 2.22. The van der Waals surface area contributed by atoms with Crippen LogP contribution in [0.2, 0.25) is 0 Å². The summed E-state index contributed by atoms with van der Waals surface area (Å²) in [5.74, 6) is 0.264. The fraction of sp³-hybridized carbons (Fsp3) is 0.500. The molecule has 0 bridgehead atoms. The molecule has 1 aromatic heterocycles. The van der Waals surface area contributed by atoms with E-state index in [9.17, 15) is 8.42 Å². The maximum Gasteiger partial charge on any atom is 0.154 e. The Hall–Kier alpha value is -1.40. The lowest BCUT2D eigenvalue weighted by Crippen LogP contribution is -2.26. The van der Waals surface area contributed by atoms with Gasteiger partial charge in [0, 0.05) is 18.5 Å². The number of hydrogen-bond acceptors (Lipinski definition) is 4. The molecule has 1 N–H and O–H groups in total. The lowest BCUT2D eigenvalue weighted by Gasteiger charge is -2.19. The van der Waals surface area contributed by atoms with Gasteiger partial charge in [0.05, 0.1) is 22.7 Å². The van der Waals surface area contributed by atoms with Crippen LogP contribution in [-0.2, 0) is 16.4 Å². The van der Waals surface area contributed by atoms with Crippen molar-refractivity contribution in [3.63, 3.8) is 0 Å². The van der Waals surface area contributed by atoms with Gasteiger partial charge < -0.3 is 0 Å². The van der Waals surface area contributed by atoms with E-state index in [4.69, 9.17) is 0 Å². The van der Waals surface area contributed by atoms with Gasteiger partial charge in [0.25, 0.3) is 0 Å². The van der Waals surface area contributed by atoms with Gasteiger partial charge in [-0.3, -0.25) is 10.00 Å². The van der Waals surface area contributed by atoms with Gasteiger partial charge in [0.1, 0.15) is 0 Å². The summed E-state index contributed by atoms with van der Waals surface area (Å²) in [6, 6.07) is 6.22. The smallest absolute Gasteiger partial charge is 0.154 e. The fourth-order valence-corrected chi connectivity index (χ4v) is 3.99. The number of nitrogens with one attached hydrogen (secondary N) is 1. The van der Waals surface area contributed by atoms with Crippen molar-refractivity contribution in [1.82, 2.24) is 15.1 Å². The predicted molar refractivity (Wildman–Crippen MR) is 79.2 cm³/mol. The zero-order valence-electron chi connectivity index (χ0n) is 11.5. The molecule has 2 heterocycles. The summed E-state index contributed by atoms with van der Waals surface area (Å²) in [5, 5.41) is 7.86. The standard InChI is InChI=1S/C14H19N3O2S/c1-11-4-5-17(6-7-20(11,18)19)10-12-2-3-13-9-15-16-14(13)8-12/h2-3,8-9,11H,4-7,10H2,1H3,(H,15,16)/t11-/m1/s1. The van der Waals surface area contributed by atoms with Crippen molar-refractivity contribution in [1.29, 1.82) is 0 Å². The number of aromatic amines is 1. The number of aromatic nitrogens is 2. The molecule has 1 aliphatic heterocycles. The number of rotatable bonds is 2. The van der Waals surface area contributed by atoms with Crippen molar-refractivity contribution in [3.05, 3.63) is 30.0 Å². The molecular weight excluding hydrogens is 274 g/mol. The summed E-state index contributed by atoms with van der Waals surface area (Å²) in [6.07, 6.45) is 2.52. The Bertz CT molecular complexity index is 708. The highest BCUT2D eigenvalue weighted by atomic mass is 32.2. The average Bonchev–Trinajstić information content (AvgIpc) is 2.84. The molecule has 2 aromatic rings. The van der Waals surface area contributed by atoms with Gasteiger partial charge in [0.2, 0.25) is 0 Å². The third-order valence-electron chi connectivity index (χ3n) is 4.07. The molecule has 0 amide bonds. The van der Waals surface area contributed by atoms with Crippen LogP contribution >= 0.6 is 0 Å². The van der Waals surface area contributed by atoms with E-state index in [0.29, 0.717) is 13.0 Å². The van der Waals surface area contributed by atoms with Crippen LogP contribution < -0.4 is 0 Å². The van der Waals surface area contributed by atoms with E-state index in [1.54, 1.807) is 6.20 Å². The second kappa shape index (κ2) is 5.18. The highest BCUT2D eigenvalue weighted by Crippen LogP contribution is 2.18. The van der Waals surface area contributed by atoms with E-state index >= 15 is 0 Å². The van der Waals surface area contributed by atoms with Gasteiger partial charge in [-0.15, -0.1) is 0 Å². The molecule has 1 atom stereocenters. The zero-order valence-corrected chi connectivity index (χ0v) is 12.4. The molecule has 0 radical (unpaired) electrons. The van der Waals surface area contributed by atoms with Crippen LogP contribution in [0.3, 0.4) is 0 Å². The molecule has 3 rings (SSSR count). The third-order valence-corrected chi connectivity index (χ3v) is 6.28. The Morgan fingerprint density at radius 2 is 2.25 bits per heavy atom. The van der Waals surface area contributed by atoms with Crippen LogP contribution in [0.4, 0.5) is 0 Å². The largest absolute Gasteiger partial charge is 0.298 e. The molecule has 0 spiro atoms. The Kier molecular flexibility index (Phi) is 3.52. The van der Waals surface area contributed by atoms with Gasteiger partial charge in [-0.1, -0.05) is 12.1 Å². The third kappa shape index (κ3) is 2.71. The molecule has 0 aliphatic carbocycles. The van der Waals surface area contributed by atoms with E-state index in [-0.39, 0.29) is 11.0 Å². The number of hydrogen-bond donors (Lipinski definition) is 1. The summed E-state index contributed by atoms with van der Waals surface area (Å²) in [7, 11) is -2.91. The Balaban J connectivity index is 1.74. The van der Waals surface area contributed by atoms with Gasteiger partial charge in [-0.05, 0) is 31.5 Å². The van der Waals surface area contributed by atoms with Crippen LogP contribution in [-0.4, -0.2) is 47.6 Å². The highest BCUT2D eigenvalue weighted by molar-refractivity contribution is 7.92. The van der Waals surface area contributed by atoms with Crippen LogP contribution in [0.1, 0.15) is 18.9 Å². The maximum absolute atomic E-state index is 11.9. The van der Waals surface area contributed by atoms with Crippen molar-refractivity contribution in [2.24, 2.45) is 0 Å². The number of nitrogens with zero attached hydrogens (tertiary/aromatic N) is 2. The summed E-state index contributed by atoms with van der Waals surface area (Å²) in [5.41, 5.74) is 2.21. The Morgan fingerprint density at radius 3 is 3.10 bits per heavy atom. The van der Waals surface area contributed by atoms with E-state index in [2.05, 4.69) is 27.2 Å². The van der Waals surface area contributed by atoms with Crippen LogP contribution in [0.25, 0.3) is 10.9 Å². The topological polar surface area (TPSA) is 66.1 Å². The predicted octanol–water partition coefficient (Wildman–Crippen LogP) is 1.57. The summed E-state index contributed by atoms with van der Waals surface area (Å²) in [6.45, 7) is 4.06. The van der Waals surface area contributed by atoms with Crippen LogP contribution in [0, 0.1) is 0 Å². The van der Waals surface area contributed by atoms with E-state index in [0.717, 1.165) is 24.0 Å². The molecule has 6 heteroatoms. The first kappa shape index (κ1) is 13.6. The molecule has 108 valence electrons. The van der Waals surface area contributed by atoms with Crippen molar-refractivity contribution in [3.8, 4) is 0 Å². The van der Waals surface area contributed by atoms with Crippen LogP contribution in [0.15, 0.2) is 24.4 Å². The van der Waals surface area contributed by atoms with Crippen molar-refractivity contribution in [2.75, 3.05) is 18.8 Å². The molecular formula is C14H19N3O2S. The normalized spacial score (nSPS) is 23.8. The van der Waals surface area contributed by atoms with E-state index in [1.807, 2.05) is 13.0 Å². The average molecular weight is 293 g/mol. The first-order valence-electron chi connectivity index (χ1n) is 6.90.